The SMILES string of the molecule is O=C1C2=C(C3CCCCC3O2)C2NC3C(=O)C4=C(C5CCCCC5O4)C3NC12. The molecule has 0 bridgehead atoms. The average Bonchev–Trinajstić information content (AvgIpc) is 3.42. The van der Waals surface area contributed by atoms with E-state index in [1.54, 1.807) is 0 Å². The van der Waals surface area contributed by atoms with Crippen molar-refractivity contribution in [2.75, 3.05) is 0 Å². The Bertz CT molecular complexity index is 791. The molecule has 0 amide bonds. The average molecular weight is 382 g/mol. The van der Waals surface area contributed by atoms with Crippen molar-refractivity contribution in [2.24, 2.45) is 11.8 Å². The number of nitrogens with one attached hydrogen (secondary N) is 2. The first-order chi connectivity index (χ1) is 13.7. The van der Waals surface area contributed by atoms with Crippen molar-refractivity contribution in [2.45, 2.75) is 87.7 Å². The van der Waals surface area contributed by atoms with Gasteiger partial charge in [-0.05, 0) is 38.5 Å². The van der Waals surface area contributed by atoms with Crippen molar-refractivity contribution >= 4 is 11.6 Å². The van der Waals surface area contributed by atoms with Gasteiger partial charge in [0.05, 0.1) is 24.2 Å². The minimum atomic E-state index is -0.309. The van der Waals surface area contributed by atoms with E-state index < -0.39 is 0 Å². The van der Waals surface area contributed by atoms with Gasteiger partial charge in [0.15, 0.2) is 11.5 Å². The van der Waals surface area contributed by atoms with E-state index in [4.69, 9.17) is 9.47 Å². The number of hydrogen-bond donors (Lipinski definition) is 2. The summed E-state index contributed by atoms with van der Waals surface area (Å²) in [6, 6.07) is -0.834. The first-order valence-electron chi connectivity index (χ1n) is 11.1. The highest BCUT2D eigenvalue weighted by Crippen LogP contribution is 2.51. The molecular weight excluding hydrogens is 356 g/mol. The Morgan fingerprint density at radius 3 is 1.50 bits per heavy atom. The fourth-order valence-corrected chi connectivity index (χ4v) is 7.15. The number of carbonyl (C=O) groups is 2. The molecule has 6 heteroatoms. The summed E-state index contributed by atoms with van der Waals surface area (Å²) in [5.74, 6) is 2.05. The van der Waals surface area contributed by atoms with E-state index in [0.29, 0.717) is 23.4 Å². The Hall–Kier alpha value is -1.66. The lowest BCUT2D eigenvalue weighted by atomic mass is 9.77. The van der Waals surface area contributed by atoms with Gasteiger partial charge in [0.1, 0.15) is 12.2 Å². The third-order valence-electron chi connectivity index (χ3n) is 8.33. The summed E-state index contributed by atoms with van der Waals surface area (Å²) in [6.45, 7) is 0. The summed E-state index contributed by atoms with van der Waals surface area (Å²) < 4.78 is 12.3. The summed E-state index contributed by atoms with van der Waals surface area (Å²) in [5, 5.41) is 7.19. The monoisotopic (exact) mass is 382 g/mol. The van der Waals surface area contributed by atoms with Gasteiger partial charge in [0.25, 0.3) is 0 Å². The molecule has 0 spiro atoms. The van der Waals surface area contributed by atoms with Crippen LogP contribution in [0.4, 0.5) is 0 Å². The van der Waals surface area contributed by atoms with Crippen LogP contribution in [-0.2, 0) is 19.1 Å². The number of fused-ring (bicyclic) bond motifs is 8. The van der Waals surface area contributed by atoms with Gasteiger partial charge in [-0.3, -0.25) is 20.2 Å². The molecular formula is C22H26N2O4. The molecule has 7 rings (SSSR count). The van der Waals surface area contributed by atoms with E-state index in [-0.39, 0.29) is 47.9 Å². The van der Waals surface area contributed by atoms with Crippen molar-refractivity contribution in [3.63, 3.8) is 0 Å². The first kappa shape index (κ1) is 16.2. The highest BCUT2D eigenvalue weighted by molar-refractivity contribution is 6.06. The van der Waals surface area contributed by atoms with Gasteiger partial charge in [-0.2, -0.15) is 0 Å². The van der Waals surface area contributed by atoms with E-state index >= 15 is 0 Å². The summed E-state index contributed by atoms with van der Waals surface area (Å²) in [6.07, 6.45) is 9.31. The zero-order valence-electron chi connectivity index (χ0n) is 15.9. The number of Topliss-reactive ketones (excluding diaryl/α,β-unsaturated/α-hetero) is 2. The van der Waals surface area contributed by atoms with Gasteiger partial charge < -0.3 is 9.47 Å². The Morgan fingerprint density at radius 2 is 1.04 bits per heavy atom. The van der Waals surface area contributed by atoms with Crippen molar-refractivity contribution in [3.8, 4) is 0 Å². The maximum atomic E-state index is 13.2. The quantitative estimate of drug-likeness (QED) is 0.661. The predicted octanol–water partition coefficient (Wildman–Crippen LogP) is 1.51. The molecule has 8 atom stereocenters. The van der Waals surface area contributed by atoms with Crippen LogP contribution in [0.3, 0.4) is 0 Å². The number of hydrogen-bond acceptors (Lipinski definition) is 6. The van der Waals surface area contributed by atoms with Gasteiger partial charge in [-0.25, -0.2) is 0 Å². The van der Waals surface area contributed by atoms with Gasteiger partial charge in [-0.15, -0.1) is 0 Å². The van der Waals surface area contributed by atoms with Gasteiger partial charge in [0.2, 0.25) is 11.6 Å². The summed E-state index contributed by atoms with van der Waals surface area (Å²) in [4.78, 5) is 26.4. The normalized spacial score (nSPS) is 48.4. The highest BCUT2D eigenvalue weighted by Gasteiger charge is 2.61. The van der Waals surface area contributed by atoms with Crippen LogP contribution in [0.2, 0.25) is 0 Å². The molecule has 3 heterocycles. The molecule has 2 saturated carbocycles. The zero-order chi connectivity index (χ0) is 18.6. The van der Waals surface area contributed by atoms with Crippen molar-refractivity contribution in [1.82, 2.24) is 10.6 Å². The van der Waals surface area contributed by atoms with Crippen LogP contribution >= 0.6 is 0 Å². The third-order valence-corrected chi connectivity index (χ3v) is 8.33. The minimum absolute atomic E-state index is 0.0842. The second-order valence-corrected chi connectivity index (χ2v) is 9.64. The number of ether oxygens (including phenoxy) is 2. The summed E-state index contributed by atoms with van der Waals surface area (Å²) in [7, 11) is 0. The van der Waals surface area contributed by atoms with Crippen LogP contribution in [0, 0.1) is 11.8 Å². The largest absolute Gasteiger partial charge is 0.486 e. The highest BCUT2D eigenvalue weighted by atomic mass is 16.5. The molecule has 8 unspecified atom stereocenters. The minimum Gasteiger partial charge on any atom is -0.486 e. The van der Waals surface area contributed by atoms with Crippen LogP contribution < -0.4 is 10.6 Å². The van der Waals surface area contributed by atoms with E-state index in [1.807, 2.05) is 0 Å². The fraction of sp³-hybridized carbons (Fsp3) is 0.727. The molecule has 148 valence electrons. The first-order valence-corrected chi connectivity index (χ1v) is 11.1. The topological polar surface area (TPSA) is 76.7 Å². The van der Waals surface area contributed by atoms with E-state index in [9.17, 15) is 9.59 Å². The molecule has 0 aromatic carbocycles. The molecule has 2 N–H and O–H groups in total. The Balaban J connectivity index is 1.22. The molecule has 0 aromatic rings. The zero-order valence-corrected chi connectivity index (χ0v) is 15.9. The Morgan fingerprint density at radius 1 is 0.607 bits per heavy atom. The van der Waals surface area contributed by atoms with Gasteiger partial charge >= 0.3 is 0 Å². The number of piperazine rings is 1. The second-order valence-electron chi connectivity index (χ2n) is 9.64. The van der Waals surface area contributed by atoms with E-state index in [2.05, 4.69) is 10.6 Å². The van der Waals surface area contributed by atoms with Gasteiger partial charge in [-0.1, -0.05) is 12.8 Å². The molecule has 0 radical (unpaired) electrons. The molecule has 3 fully saturated rings. The van der Waals surface area contributed by atoms with E-state index in [1.165, 1.54) is 25.7 Å². The predicted molar refractivity (Wildman–Crippen MR) is 99.2 cm³/mol. The summed E-state index contributed by atoms with van der Waals surface area (Å²) >= 11 is 0. The summed E-state index contributed by atoms with van der Waals surface area (Å²) in [5.41, 5.74) is 2.28. The Kier molecular flexibility index (Phi) is 3.16. The Labute approximate surface area is 164 Å². The maximum Gasteiger partial charge on any atom is 0.216 e. The van der Waals surface area contributed by atoms with Crippen LogP contribution in [-0.4, -0.2) is 47.9 Å². The molecule has 28 heavy (non-hydrogen) atoms. The molecule has 7 aliphatic rings. The van der Waals surface area contributed by atoms with Gasteiger partial charge in [0, 0.05) is 23.0 Å². The van der Waals surface area contributed by atoms with Crippen LogP contribution in [0.15, 0.2) is 22.7 Å². The standard InChI is InChI=1S/C22H26N2O4/c25-19-17-15(13-9-5-1-3-7-11(9)27-21(13)19)23-18-16(24-17)14-10-6-2-4-8-12(10)28-22(14)20(18)26/h9-12,15-18,23-24H,1-8H2. The maximum absolute atomic E-state index is 13.2. The number of rotatable bonds is 0. The molecule has 6 nitrogen and oxygen atoms in total. The van der Waals surface area contributed by atoms with Crippen LogP contribution in [0.25, 0.3) is 0 Å². The second kappa shape index (κ2) is 5.48. The molecule has 0 aromatic heterocycles. The number of carbonyl (C=O) groups excluding carboxylic acids is 2. The van der Waals surface area contributed by atoms with Crippen LogP contribution in [0.1, 0.15) is 51.4 Å². The molecule has 1 saturated heterocycles. The smallest absolute Gasteiger partial charge is 0.216 e. The molecule has 3 aliphatic heterocycles. The number of ketones is 2. The van der Waals surface area contributed by atoms with Crippen molar-refractivity contribution in [3.05, 3.63) is 22.7 Å². The third kappa shape index (κ3) is 1.86. The lowest BCUT2D eigenvalue weighted by molar-refractivity contribution is -0.125. The van der Waals surface area contributed by atoms with Crippen molar-refractivity contribution in [1.29, 1.82) is 0 Å². The lowest BCUT2D eigenvalue weighted by Gasteiger charge is -2.42. The molecule has 4 aliphatic carbocycles. The van der Waals surface area contributed by atoms with Crippen LogP contribution in [0.5, 0.6) is 0 Å². The lowest BCUT2D eigenvalue weighted by Crippen LogP contribution is -2.68. The fourth-order valence-electron chi connectivity index (χ4n) is 7.15. The van der Waals surface area contributed by atoms with E-state index in [0.717, 1.165) is 36.8 Å². The van der Waals surface area contributed by atoms with Crippen molar-refractivity contribution < 1.29 is 19.1 Å².